The Morgan fingerprint density at radius 3 is 2.64 bits per heavy atom. The second-order valence-corrected chi connectivity index (χ2v) is 6.66. The minimum atomic E-state index is -1.33. The monoisotopic (exact) mass is 348 g/mol. The molecule has 0 saturated heterocycles. The normalized spacial score (nSPS) is 23.1. The van der Waals surface area contributed by atoms with Crippen molar-refractivity contribution in [2.24, 2.45) is 0 Å². The number of methoxy groups -OCH3 is 1. The van der Waals surface area contributed by atoms with Crippen molar-refractivity contribution >= 4 is 11.9 Å². The summed E-state index contributed by atoms with van der Waals surface area (Å²) in [4.78, 5) is 25.2. The van der Waals surface area contributed by atoms with Gasteiger partial charge in [-0.15, -0.1) is 0 Å². The van der Waals surface area contributed by atoms with Gasteiger partial charge in [-0.3, -0.25) is 4.79 Å². The van der Waals surface area contributed by atoms with Gasteiger partial charge in [0.2, 0.25) is 5.60 Å². The molecule has 1 aromatic rings. The maximum Gasteiger partial charge on any atom is 0.353 e. The fourth-order valence-electron chi connectivity index (χ4n) is 3.50. The van der Waals surface area contributed by atoms with E-state index in [1.165, 1.54) is 0 Å². The van der Waals surface area contributed by atoms with Crippen LogP contribution in [-0.4, -0.2) is 37.4 Å². The largest absolute Gasteiger partial charge is 0.463 e. The molecule has 2 rings (SSSR count). The van der Waals surface area contributed by atoms with Crippen LogP contribution in [0.15, 0.2) is 18.2 Å². The van der Waals surface area contributed by atoms with E-state index >= 15 is 0 Å². The number of hydrogen-bond acceptors (Lipinski definition) is 5. The lowest BCUT2D eigenvalue weighted by Gasteiger charge is -2.40. The third-order valence-electron chi connectivity index (χ3n) is 4.82. The van der Waals surface area contributed by atoms with E-state index in [4.69, 9.17) is 14.2 Å². The van der Waals surface area contributed by atoms with Crippen molar-refractivity contribution in [2.75, 3.05) is 13.7 Å². The fraction of sp³-hybridized carbons (Fsp3) is 0.600. The van der Waals surface area contributed by atoms with Gasteiger partial charge in [-0.25, -0.2) is 4.79 Å². The van der Waals surface area contributed by atoms with Crippen LogP contribution in [0, 0.1) is 13.8 Å². The average Bonchev–Trinajstić information content (AvgIpc) is 2.58. The van der Waals surface area contributed by atoms with E-state index in [9.17, 15) is 9.59 Å². The van der Waals surface area contributed by atoms with Gasteiger partial charge >= 0.3 is 11.9 Å². The SMILES string of the molecule is CCOC(=O)C1(OC(=O)Cc2ccc(C)cc2C)CCCCC1OC. The van der Waals surface area contributed by atoms with E-state index in [1.807, 2.05) is 32.0 Å². The van der Waals surface area contributed by atoms with Crippen LogP contribution in [0.4, 0.5) is 0 Å². The zero-order valence-electron chi connectivity index (χ0n) is 15.6. The van der Waals surface area contributed by atoms with Crippen LogP contribution in [0.2, 0.25) is 0 Å². The molecule has 0 bridgehead atoms. The van der Waals surface area contributed by atoms with Crippen LogP contribution in [0.1, 0.15) is 49.3 Å². The van der Waals surface area contributed by atoms with Gasteiger partial charge in [0.05, 0.1) is 13.0 Å². The Kier molecular flexibility index (Phi) is 6.59. The number of esters is 2. The van der Waals surface area contributed by atoms with Crippen molar-refractivity contribution in [1.29, 1.82) is 0 Å². The fourth-order valence-corrected chi connectivity index (χ4v) is 3.50. The molecule has 5 nitrogen and oxygen atoms in total. The van der Waals surface area contributed by atoms with E-state index < -0.39 is 23.6 Å². The highest BCUT2D eigenvalue weighted by atomic mass is 16.6. The van der Waals surface area contributed by atoms with Crippen molar-refractivity contribution in [3.05, 3.63) is 34.9 Å². The topological polar surface area (TPSA) is 61.8 Å². The van der Waals surface area contributed by atoms with Crippen molar-refractivity contribution < 1.29 is 23.8 Å². The molecule has 2 unspecified atom stereocenters. The van der Waals surface area contributed by atoms with Crippen LogP contribution in [0.3, 0.4) is 0 Å². The van der Waals surface area contributed by atoms with E-state index in [0.29, 0.717) is 12.8 Å². The van der Waals surface area contributed by atoms with Gasteiger partial charge in [0.1, 0.15) is 6.10 Å². The summed E-state index contributed by atoms with van der Waals surface area (Å²) in [6.45, 7) is 5.96. The molecule has 0 amide bonds. The van der Waals surface area contributed by atoms with Crippen LogP contribution >= 0.6 is 0 Å². The number of ether oxygens (including phenoxy) is 3. The molecule has 1 saturated carbocycles. The van der Waals surface area contributed by atoms with Crippen molar-refractivity contribution in [3.8, 4) is 0 Å². The Labute approximate surface area is 149 Å². The molecule has 1 fully saturated rings. The Bertz CT molecular complexity index is 625. The predicted octanol–water partition coefficient (Wildman–Crippen LogP) is 3.28. The van der Waals surface area contributed by atoms with E-state index in [2.05, 4.69) is 0 Å². The van der Waals surface area contributed by atoms with E-state index in [0.717, 1.165) is 29.5 Å². The molecule has 2 atom stereocenters. The van der Waals surface area contributed by atoms with Crippen LogP contribution < -0.4 is 0 Å². The van der Waals surface area contributed by atoms with Crippen molar-refractivity contribution in [2.45, 2.75) is 64.6 Å². The molecular weight excluding hydrogens is 320 g/mol. The van der Waals surface area contributed by atoms with Crippen molar-refractivity contribution in [3.63, 3.8) is 0 Å². The van der Waals surface area contributed by atoms with Gasteiger partial charge in [-0.05, 0) is 44.7 Å². The molecule has 1 aliphatic rings. The van der Waals surface area contributed by atoms with Gasteiger partial charge in [0.15, 0.2) is 0 Å². The standard InChI is InChI=1S/C20H28O5/c1-5-24-19(22)20(11-7-6-8-17(20)23-4)25-18(21)13-16-10-9-14(2)12-15(16)3/h9-10,12,17H,5-8,11,13H2,1-4H3. The van der Waals surface area contributed by atoms with Gasteiger partial charge < -0.3 is 14.2 Å². The van der Waals surface area contributed by atoms with Gasteiger partial charge in [0, 0.05) is 13.5 Å². The highest BCUT2D eigenvalue weighted by molar-refractivity contribution is 5.85. The summed E-state index contributed by atoms with van der Waals surface area (Å²) in [7, 11) is 1.54. The molecule has 0 spiro atoms. The lowest BCUT2D eigenvalue weighted by atomic mass is 9.81. The average molecular weight is 348 g/mol. The minimum Gasteiger partial charge on any atom is -0.463 e. The van der Waals surface area contributed by atoms with Gasteiger partial charge in [-0.2, -0.15) is 0 Å². The van der Waals surface area contributed by atoms with Crippen LogP contribution in [0.5, 0.6) is 0 Å². The summed E-state index contributed by atoms with van der Waals surface area (Å²) in [6.07, 6.45) is 2.51. The molecule has 1 aromatic carbocycles. The summed E-state index contributed by atoms with van der Waals surface area (Å²) >= 11 is 0. The lowest BCUT2D eigenvalue weighted by Crippen LogP contribution is -2.56. The number of rotatable bonds is 6. The number of carbonyl (C=O) groups is 2. The zero-order chi connectivity index (χ0) is 18.4. The van der Waals surface area contributed by atoms with Crippen LogP contribution in [-0.2, 0) is 30.2 Å². The quantitative estimate of drug-likeness (QED) is 0.738. The summed E-state index contributed by atoms with van der Waals surface area (Å²) in [5.74, 6) is -0.931. The van der Waals surface area contributed by atoms with E-state index in [1.54, 1.807) is 14.0 Å². The summed E-state index contributed by atoms with van der Waals surface area (Å²) in [5, 5.41) is 0. The maximum absolute atomic E-state index is 12.6. The van der Waals surface area contributed by atoms with Crippen molar-refractivity contribution in [1.82, 2.24) is 0 Å². The molecule has 0 aliphatic heterocycles. The molecule has 0 aromatic heterocycles. The Balaban J connectivity index is 2.20. The molecule has 138 valence electrons. The second kappa shape index (κ2) is 8.48. The number of benzene rings is 1. The first-order valence-corrected chi connectivity index (χ1v) is 8.91. The smallest absolute Gasteiger partial charge is 0.353 e. The Morgan fingerprint density at radius 1 is 1.24 bits per heavy atom. The highest BCUT2D eigenvalue weighted by Crippen LogP contribution is 2.35. The summed E-state index contributed by atoms with van der Waals surface area (Å²) in [6, 6.07) is 5.93. The van der Waals surface area contributed by atoms with E-state index in [-0.39, 0.29) is 13.0 Å². The third-order valence-corrected chi connectivity index (χ3v) is 4.82. The molecule has 25 heavy (non-hydrogen) atoms. The molecule has 1 aliphatic carbocycles. The summed E-state index contributed by atoms with van der Waals surface area (Å²) < 4.78 is 16.4. The lowest BCUT2D eigenvalue weighted by molar-refractivity contribution is -0.204. The Morgan fingerprint density at radius 2 is 2.00 bits per heavy atom. The highest BCUT2D eigenvalue weighted by Gasteiger charge is 2.52. The minimum absolute atomic E-state index is 0.129. The first kappa shape index (κ1) is 19.4. The number of hydrogen-bond donors (Lipinski definition) is 0. The van der Waals surface area contributed by atoms with Gasteiger partial charge in [0.25, 0.3) is 0 Å². The zero-order valence-corrected chi connectivity index (χ0v) is 15.6. The molecule has 0 N–H and O–H groups in total. The first-order chi connectivity index (χ1) is 11.9. The molecular formula is C20H28O5. The van der Waals surface area contributed by atoms with Crippen LogP contribution in [0.25, 0.3) is 0 Å². The summed E-state index contributed by atoms with van der Waals surface area (Å²) in [5.41, 5.74) is 1.75. The third kappa shape index (κ3) is 4.40. The first-order valence-electron chi connectivity index (χ1n) is 8.91. The predicted molar refractivity (Wildman–Crippen MR) is 94.3 cm³/mol. The molecule has 0 heterocycles. The molecule has 0 radical (unpaired) electrons. The van der Waals surface area contributed by atoms with Gasteiger partial charge in [-0.1, -0.05) is 30.2 Å². The Hall–Kier alpha value is -1.88. The number of aryl methyl sites for hydroxylation is 2. The number of carbonyl (C=O) groups excluding carboxylic acids is 2. The maximum atomic E-state index is 12.6. The second-order valence-electron chi connectivity index (χ2n) is 6.66. The molecule has 5 heteroatoms.